The molecule has 0 saturated heterocycles. The highest BCUT2D eigenvalue weighted by Crippen LogP contribution is 2.26. The van der Waals surface area contributed by atoms with Crippen molar-refractivity contribution in [3.8, 4) is 0 Å². The number of amides is 1. The predicted molar refractivity (Wildman–Crippen MR) is 84.1 cm³/mol. The van der Waals surface area contributed by atoms with Crippen molar-refractivity contribution in [3.63, 3.8) is 0 Å². The molecule has 110 valence electrons. The third-order valence-corrected chi connectivity index (χ3v) is 4.34. The van der Waals surface area contributed by atoms with Crippen molar-refractivity contribution >= 4 is 23.2 Å². The van der Waals surface area contributed by atoms with Crippen LogP contribution in [0.25, 0.3) is 0 Å². The zero-order valence-electron chi connectivity index (χ0n) is 12.0. The molecular weight excluding hydrogens is 272 g/mol. The van der Waals surface area contributed by atoms with E-state index < -0.39 is 0 Å². The molecule has 4 heteroatoms. The van der Waals surface area contributed by atoms with E-state index in [1.807, 2.05) is 12.1 Å². The van der Waals surface area contributed by atoms with Gasteiger partial charge in [0.25, 0.3) is 0 Å². The average Bonchev–Trinajstić information content (AvgIpc) is 2.48. The number of rotatable bonds is 5. The van der Waals surface area contributed by atoms with Crippen LogP contribution in [0.1, 0.15) is 39.0 Å². The standard InChI is InChI=1S/C16H23ClN2O/c1-2-12-5-3-4-6-15(12)18-11-16(20)19-14-9-7-13(17)8-10-14/h7-10,12,15,18H,2-6,11H2,1H3,(H,19,20). The Morgan fingerprint density at radius 3 is 2.65 bits per heavy atom. The first-order valence-electron chi connectivity index (χ1n) is 7.48. The first kappa shape index (κ1) is 15.3. The Morgan fingerprint density at radius 1 is 1.25 bits per heavy atom. The number of benzene rings is 1. The van der Waals surface area contributed by atoms with Crippen molar-refractivity contribution in [3.05, 3.63) is 29.3 Å². The Hall–Kier alpha value is -1.06. The van der Waals surface area contributed by atoms with Crippen molar-refractivity contribution in [1.29, 1.82) is 0 Å². The lowest BCUT2D eigenvalue weighted by Crippen LogP contribution is -2.42. The van der Waals surface area contributed by atoms with E-state index in [0.29, 0.717) is 23.5 Å². The van der Waals surface area contributed by atoms with Crippen LogP contribution in [0.2, 0.25) is 5.02 Å². The summed E-state index contributed by atoms with van der Waals surface area (Å²) >= 11 is 5.82. The number of halogens is 1. The summed E-state index contributed by atoms with van der Waals surface area (Å²) in [6.07, 6.45) is 6.26. The summed E-state index contributed by atoms with van der Waals surface area (Å²) in [4.78, 5) is 11.9. The summed E-state index contributed by atoms with van der Waals surface area (Å²) < 4.78 is 0. The van der Waals surface area contributed by atoms with Crippen molar-refractivity contribution in [2.75, 3.05) is 11.9 Å². The second kappa shape index (κ2) is 7.65. The smallest absolute Gasteiger partial charge is 0.238 e. The van der Waals surface area contributed by atoms with Crippen LogP contribution in [0, 0.1) is 5.92 Å². The van der Waals surface area contributed by atoms with Gasteiger partial charge in [0.05, 0.1) is 6.54 Å². The van der Waals surface area contributed by atoms with E-state index >= 15 is 0 Å². The summed E-state index contributed by atoms with van der Waals surface area (Å²) in [6, 6.07) is 7.67. The van der Waals surface area contributed by atoms with Gasteiger partial charge in [-0.25, -0.2) is 0 Å². The molecule has 1 aromatic rings. The largest absolute Gasteiger partial charge is 0.325 e. The van der Waals surface area contributed by atoms with Crippen LogP contribution < -0.4 is 10.6 Å². The van der Waals surface area contributed by atoms with Gasteiger partial charge in [-0.3, -0.25) is 4.79 Å². The number of hydrogen-bond acceptors (Lipinski definition) is 2. The second-order valence-electron chi connectivity index (χ2n) is 5.50. The first-order valence-corrected chi connectivity index (χ1v) is 7.85. The molecule has 20 heavy (non-hydrogen) atoms. The summed E-state index contributed by atoms with van der Waals surface area (Å²) in [6.45, 7) is 2.61. The topological polar surface area (TPSA) is 41.1 Å². The van der Waals surface area contributed by atoms with Gasteiger partial charge >= 0.3 is 0 Å². The van der Waals surface area contributed by atoms with E-state index in [4.69, 9.17) is 11.6 Å². The van der Waals surface area contributed by atoms with E-state index in [-0.39, 0.29) is 5.91 Å². The van der Waals surface area contributed by atoms with E-state index in [2.05, 4.69) is 17.6 Å². The zero-order chi connectivity index (χ0) is 14.4. The molecule has 2 N–H and O–H groups in total. The lowest BCUT2D eigenvalue weighted by Gasteiger charge is -2.31. The van der Waals surface area contributed by atoms with E-state index in [1.165, 1.54) is 32.1 Å². The molecule has 2 atom stereocenters. The van der Waals surface area contributed by atoms with Gasteiger partial charge in [0.2, 0.25) is 5.91 Å². The molecule has 1 aliphatic carbocycles. The Kier molecular flexibility index (Phi) is 5.86. The molecule has 1 amide bonds. The monoisotopic (exact) mass is 294 g/mol. The predicted octanol–water partition coefficient (Wildman–Crippen LogP) is 3.84. The minimum absolute atomic E-state index is 0.00717. The molecule has 1 fully saturated rings. The molecule has 0 heterocycles. The van der Waals surface area contributed by atoms with E-state index in [1.54, 1.807) is 12.1 Å². The number of hydrogen-bond donors (Lipinski definition) is 2. The molecular formula is C16H23ClN2O. The highest BCUT2D eigenvalue weighted by Gasteiger charge is 2.23. The molecule has 1 saturated carbocycles. The minimum Gasteiger partial charge on any atom is -0.325 e. The lowest BCUT2D eigenvalue weighted by atomic mass is 9.83. The van der Waals surface area contributed by atoms with Gasteiger partial charge in [-0.2, -0.15) is 0 Å². The van der Waals surface area contributed by atoms with Crippen LogP contribution in [-0.4, -0.2) is 18.5 Å². The van der Waals surface area contributed by atoms with Gasteiger partial charge in [0, 0.05) is 16.8 Å². The molecule has 0 bridgehead atoms. The number of carbonyl (C=O) groups is 1. The fraction of sp³-hybridized carbons (Fsp3) is 0.562. The third kappa shape index (κ3) is 4.50. The fourth-order valence-electron chi connectivity index (χ4n) is 2.93. The molecule has 1 aromatic carbocycles. The van der Waals surface area contributed by atoms with Gasteiger partial charge in [0.15, 0.2) is 0 Å². The van der Waals surface area contributed by atoms with Crippen LogP contribution in [-0.2, 0) is 4.79 Å². The quantitative estimate of drug-likeness (QED) is 0.866. The SMILES string of the molecule is CCC1CCCCC1NCC(=O)Nc1ccc(Cl)cc1. The maximum absolute atomic E-state index is 11.9. The Morgan fingerprint density at radius 2 is 1.95 bits per heavy atom. The average molecular weight is 295 g/mol. The highest BCUT2D eigenvalue weighted by molar-refractivity contribution is 6.30. The van der Waals surface area contributed by atoms with Gasteiger partial charge < -0.3 is 10.6 Å². The first-order chi connectivity index (χ1) is 9.69. The van der Waals surface area contributed by atoms with Crippen molar-refractivity contribution in [2.45, 2.75) is 45.1 Å². The van der Waals surface area contributed by atoms with Gasteiger partial charge in [-0.1, -0.05) is 37.8 Å². The summed E-state index contributed by atoms with van der Waals surface area (Å²) in [5, 5.41) is 6.97. The summed E-state index contributed by atoms with van der Waals surface area (Å²) in [7, 11) is 0. The molecule has 3 nitrogen and oxygen atoms in total. The number of anilines is 1. The number of carbonyl (C=O) groups excluding carboxylic acids is 1. The summed E-state index contributed by atoms with van der Waals surface area (Å²) in [5.41, 5.74) is 0.789. The molecule has 0 aliphatic heterocycles. The molecule has 1 aliphatic rings. The van der Waals surface area contributed by atoms with Gasteiger partial charge in [-0.15, -0.1) is 0 Å². The van der Waals surface area contributed by atoms with Crippen LogP contribution in [0.3, 0.4) is 0 Å². The maximum Gasteiger partial charge on any atom is 0.238 e. The normalized spacial score (nSPS) is 22.5. The van der Waals surface area contributed by atoms with Crippen molar-refractivity contribution in [1.82, 2.24) is 5.32 Å². The van der Waals surface area contributed by atoms with Crippen LogP contribution in [0.5, 0.6) is 0 Å². The summed E-state index contributed by atoms with van der Waals surface area (Å²) in [5.74, 6) is 0.722. The molecule has 2 unspecified atom stereocenters. The lowest BCUT2D eigenvalue weighted by molar-refractivity contribution is -0.115. The van der Waals surface area contributed by atoms with Crippen molar-refractivity contribution < 1.29 is 4.79 Å². The van der Waals surface area contributed by atoms with Gasteiger partial charge in [0.1, 0.15) is 0 Å². The zero-order valence-corrected chi connectivity index (χ0v) is 12.7. The molecule has 2 rings (SSSR count). The molecule has 0 radical (unpaired) electrons. The molecule has 0 aromatic heterocycles. The number of nitrogens with one attached hydrogen (secondary N) is 2. The van der Waals surface area contributed by atoms with Crippen LogP contribution >= 0.6 is 11.6 Å². The Labute approximate surface area is 126 Å². The molecule has 0 spiro atoms. The van der Waals surface area contributed by atoms with E-state index in [0.717, 1.165) is 5.69 Å². The Bertz CT molecular complexity index is 433. The minimum atomic E-state index is 0.00717. The van der Waals surface area contributed by atoms with Gasteiger partial charge in [-0.05, 0) is 43.0 Å². The van der Waals surface area contributed by atoms with Crippen LogP contribution in [0.15, 0.2) is 24.3 Å². The van der Waals surface area contributed by atoms with E-state index in [9.17, 15) is 4.79 Å². The Balaban J connectivity index is 1.78. The highest BCUT2D eigenvalue weighted by atomic mass is 35.5. The van der Waals surface area contributed by atoms with Crippen molar-refractivity contribution in [2.24, 2.45) is 5.92 Å². The second-order valence-corrected chi connectivity index (χ2v) is 5.93. The van der Waals surface area contributed by atoms with Crippen LogP contribution in [0.4, 0.5) is 5.69 Å². The maximum atomic E-state index is 11.9. The third-order valence-electron chi connectivity index (χ3n) is 4.09. The fourth-order valence-corrected chi connectivity index (χ4v) is 3.05.